The zero-order valence-electron chi connectivity index (χ0n) is 12.8. The normalized spacial score (nSPS) is 10.0. The number of benzene rings is 1. The van der Waals surface area contributed by atoms with E-state index in [1.165, 1.54) is 6.92 Å². The van der Waals surface area contributed by atoms with Crippen molar-refractivity contribution in [1.29, 1.82) is 0 Å². The molecule has 0 bridgehead atoms. The summed E-state index contributed by atoms with van der Waals surface area (Å²) in [5, 5.41) is 5.60. The first kappa shape index (κ1) is 17.0. The van der Waals surface area contributed by atoms with Gasteiger partial charge in [0.05, 0.1) is 6.61 Å². The summed E-state index contributed by atoms with van der Waals surface area (Å²) in [7, 11) is 0. The SMILES string of the molecule is CCOc1cccc(NC(=O)CCCCCNC(C)=O)c1. The summed E-state index contributed by atoms with van der Waals surface area (Å²) in [6.07, 6.45) is 3.12. The van der Waals surface area contributed by atoms with Crippen LogP contribution in [0.25, 0.3) is 0 Å². The summed E-state index contributed by atoms with van der Waals surface area (Å²) < 4.78 is 5.39. The molecule has 0 aliphatic carbocycles. The van der Waals surface area contributed by atoms with Crippen molar-refractivity contribution < 1.29 is 14.3 Å². The van der Waals surface area contributed by atoms with Gasteiger partial charge in [-0.2, -0.15) is 0 Å². The topological polar surface area (TPSA) is 67.4 Å². The molecule has 1 aromatic rings. The van der Waals surface area contributed by atoms with Gasteiger partial charge in [0.15, 0.2) is 0 Å². The summed E-state index contributed by atoms with van der Waals surface area (Å²) in [5.74, 6) is 0.746. The lowest BCUT2D eigenvalue weighted by atomic mass is 10.2. The Kier molecular flexibility index (Phi) is 7.94. The van der Waals surface area contributed by atoms with Crippen molar-refractivity contribution >= 4 is 17.5 Å². The van der Waals surface area contributed by atoms with E-state index < -0.39 is 0 Å². The fourth-order valence-electron chi connectivity index (χ4n) is 1.91. The largest absolute Gasteiger partial charge is 0.494 e. The van der Waals surface area contributed by atoms with Gasteiger partial charge in [0.2, 0.25) is 11.8 Å². The molecule has 0 unspecified atom stereocenters. The maximum absolute atomic E-state index is 11.8. The highest BCUT2D eigenvalue weighted by atomic mass is 16.5. The molecule has 0 radical (unpaired) electrons. The molecule has 1 rings (SSSR count). The third-order valence-corrected chi connectivity index (χ3v) is 2.88. The third-order valence-electron chi connectivity index (χ3n) is 2.88. The van der Waals surface area contributed by atoms with Crippen molar-refractivity contribution in [2.24, 2.45) is 0 Å². The molecule has 0 heterocycles. The lowest BCUT2D eigenvalue weighted by molar-refractivity contribution is -0.119. The fraction of sp³-hybridized carbons (Fsp3) is 0.500. The van der Waals surface area contributed by atoms with E-state index in [0.717, 1.165) is 30.7 Å². The fourth-order valence-corrected chi connectivity index (χ4v) is 1.91. The quantitative estimate of drug-likeness (QED) is 0.688. The van der Waals surface area contributed by atoms with Gasteiger partial charge in [-0.1, -0.05) is 12.5 Å². The number of carbonyl (C=O) groups excluding carboxylic acids is 2. The molecule has 5 heteroatoms. The Labute approximate surface area is 126 Å². The van der Waals surface area contributed by atoms with E-state index in [4.69, 9.17) is 4.74 Å². The first-order chi connectivity index (χ1) is 10.1. The molecule has 116 valence electrons. The van der Waals surface area contributed by atoms with Gasteiger partial charge in [0, 0.05) is 31.6 Å². The van der Waals surface area contributed by atoms with Crippen LogP contribution in [-0.2, 0) is 9.59 Å². The number of anilines is 1. The van der Waals surface area contributed by atoms with Crippen LogP contribution in [0.5, 0.6) is 5.75 Å². The van der Waals surface area contributed by atoms with E-state index in [1.54, 1.807) is 0 Å². The Morgan fingerprint density at radius 2 is 2.00 bits per heavy atom. The smallest absolute Gasteiger partial charge is 0.224 e. The second kappa shape index (κ2) is 9.80. The van der Waals surface area contributed by atoms with Gasteiger partial charge in [0.25, 0.3) is 0 Å². The standard InChI is InChI=1S/C16H24N2O3/c1-3-21-15-9-7-8-14(12-15)18-16(20)10-5-4-6-11-17-13(2)19/h7-9,12H,3-6,10-11H2,1-2H3,(H,17,19)(H,18,20). The van der Waals surface area contributed by atoms with E-state index in [1.807, 2.05) is 31.2 Å². The average molecular weight is 292 g/mol. The predicted octanol–water partition coefficient (Wildman–Crippen LogP) is 2.72. The van der Waals surface area contributed by atoms with E-state index in [-0.39, 0.29) is 11.8 Å². The van der Waals surface area contributed by atoms with Gasteiger partial charge in [-0.15, -0.1) is 0 Å². The van der Waals surface area contributed by atoms with Crippen LogP contribution >= 0.6 is 0 Å². The van der Waals surface area contributed by atoms with Crippen molar-refractivity contribution in [3.63, 3.8) is 0 Å². The summed E-state index contributed by atoms with van der Waals surface area (Å²) >= 11 is 0. The highest BCUT2D eigenvalue weighted by Crippen LogP contribution is 2.17. The Balaban J connectivity index is 2.21. The van der Waals surface area contributed by atoms with Gasteiger partial charge in [-0.25, -0.2) is 0 Å². The summed E-state index contributed by atoms with van der Waals surface area (Å²) in [5.41, 5.74) is 0.754. The van der Waals surface area contributed by atoms with Crippen LogP contribution in [0.2, 0.25) is 0 Å². The molecular formula is C16H24N2O3. The Morgan fingerprint density at radius 1 is 1.19 bits per heavy atom. The molecule has 21 heavy (non-hydrogen) atoms. The van der Waals surface area contributed by atoms with Crippen LogP contribution in [0.3, 0.4) is 0 Å². The van der Waals surface area contributed by atoms with Gasteiger partial charge < -0.3 is 15.4 Å². The number of unbranched alkanes of at least 4 members (excludes halogenated alkanes) is 2. The van der Waals surface area contributed by atoms with Crippen LogP contribution in [0.15, 0.2) is 24.3 Å². The zero-order chi connectivity index (χ0) is 15.5. The maximum Gasteiger partial charge on any atom is 0.224 e. The number of nitrogens with one attached hydrogen (secondary N) is 2. The molecular weight excluding hydrogens is 268 g/mol. The summed E-state index contributed by atoms with van der Waals surface area (Å²) in [4.78, 5) is 22.5. The second-order valence-corrected chi connectivity index (χ2v) is 4.80. The molecule has 1 aromatic carbocycles. The van der Waals surface area contributed by atoms with Crippen LogP contribution in [0, 0.1) is 0 Å². The van der Waals surface area contributed by atoms with Gasteiger partial charge in [0.1, 0.15) is 5.75 Å². The lowest BCUT2D eigenvalue weighted by Crippen LogP contribution is -2.20. The number of rotatable bonds is 9. The van der Waals surface area contributed by atoms with Crippen LogP contribution in [-0.4, -0.2) is 25.0 Å². The zero-order valence-corrected chi connectivity index (χ0v) is 12.8. The van der Waals surface area contributed by atoms with Crippen molar-refractivity contribution in [1.82, 2.24) is 5.32 Å². The summed E-state index contributed by atoms with van der Waals surface area (Å²) in [6.45, 7) is 4.70. The molecule has 0 aliphatic heterocycles. The molecule has 0 saturated heterocycles. The number of ether oxygens (including phenoxy) is 1. The molecule has 0 spiro atoms. The van der Waals surface area contributed by atoms with Gasteiger partial charge >= 0.3 is 0 Å². The average Bonchev–Trinajstić information content (AvgIpc) is 2.43. The van der Waals surface area contributed by atoms with E-state index >= 15 is 0 Å². The highest BCUT2D eigenvalue weighted by Gasteiger charge is 2.03. The predicted molar refractivity (Wildman–Crippen MR) is 83.4 cm³/mol. The van der Waals surface area contributed by atoms with Crippen molar-refractivity contribution in [3.8, 4) is 5.75 Å². The lowest BCUT2D eigenvalue weighted by Gasteiger charge is -2.08. The summed E-state index contributed by atoms with van der Waals surface area (Å²) in [6, 6.07) is 7.38. The van der Waals surface area contributed by atoms with E-state index in [0.29, 0.717) is 19.6 Å². The second-order valence-electron chi connectivity index (χ2n) is 4.80. The van der Waals surface area contributed by atoms with Gasteiger partial charge in [-0.05, 0) is 31.9 Å². The highest BCUT2D eigenvalue weighted by molar-refractivity contribution is 5.90. The van der Waals surface area contributed by atoms with Crippen LogP contribution < -0.4 is 15.4 Å². The third kappa shape index (κ3) is 7.97. The number of carbonyl (C=O) groups is 2. The Hall–Kier alpha value is -2.04. The molecule has 0 aliphatic rings. The molecule has 5 nitrogen and oxygen atoms in total. The van der Waals surface area contributed by atoms with Crippen LogP contribution in [0.4, 0.5) is 5.69 Å². The first-order valence-electron chi connectivity index (χ1n) is 7.39. The van der Waals surface area contributed by atoms with E-state index in [2.05, 4.69) is 10.6 Å². The minimum atomic E-state index is -0.0121. The molecule has 2 amide bonds. The van der Waals surface area contributed by atoms with E-state index in [9.17, 15) is 9.59 Å². The molecule has 0 fully saturated rings. The molecule has 0 aromatic heterocycles. The van der Waals surface area contributed by atoms with Crippen molar-refractivity contribution in [2.75, 3.05) is 18.5 Å². The molecule has 0 saturated carbocycles. The van der Waals surface area contributed by atoms with Gasteiger partial charge in [-0.3, -0.25) is 9.59 Å². The minimum absolute atomic E-state index is 0.00294. The first-order valence-corrected chi connectivity index (χ1v) is 7.39. The number of amides is 2. The van der Waals surface area contributed by atoms with Crippen LogP contribution in [0.1, 0.15) is 39.5 Å². The molecule has 2 N–H and O–H groups in total. The maximum atomic E-state index is 11.8. The number of hydrogen-bond donors (Lipinski definition) is 2. The number of hydrogen-bond acceptors (Lipinski definition) is 3. The van der Waals surface area contributed by atoms with Crippen molar-refractivity contribution in [2.45, 2.75) is 39.5 Å². The Morgan fingerprint density at radius 3 is 2.71 bits per heavy atom. The Bertz CT molecular complexity index is 461. The molecule has 0 atom stereocenters. The monoisotopic (exact) mass is 292 g/mol. The minimum Gasteiger partial charge on any atom is -0.494 e. The van der Waals surface area contributed by atoms with Crippen molar-refractivity contribution in [3.05, 3.63) is 24.3 Å².